The average Bonchev–Trinajstić information content (AvgIpc) is 2.89. The van der Waals surface area contributed by atoms with Crippen molar-refractivity contribution in [3.8, 4) is 0 Å². The van der Waals surface area contributed by atoms with Crippen molar-refractivity contribution in [3.05, 3.63) is 71.5 Å². The number of benzene rings is 2. The Morgan fingerprint density at radius 3 is 2.44 bits per heavy atom. The summed E-state index contributed by atoms with van der Waals surface area (Å²) in [6.45, 7) is -0.155. The van der Waals surface area contributed by atoms with Gasteiger partial charge in [-0.2, -0.15) is 0 Å². The molecule has 0 aliphatic carbocycles. The van der Waals surface area contributed by atoms with E-state index in [9.17, 15) is 19.1 Å². The third kappa shape index (κ3) is 4.03. The molecule has 3 rings (SSSR count). The molecule has 1 aliphatic heterocycles. The third-order valence-electron chi connectivity index (χ3n) is 4.28. The Morgan fingerprint density at radius 1 is 1.08 bits per heavy atom. The van der Waals surface area contributed by atoms with Crippen LogP contribution in [0.4, 0.5) is 9.18 Å². The smallest absolute Gasteiger partial charge is 0.324 e. The fraction of sp³-hybridized carbons (Fsp3) is 0.263. The van der Waals surface area contributed by atoms with E-state index in [0.717, 1.165) is 10.5 Å². The number of aliphatic hydroxyl groups is 1. The number of carbonyl (C=O) groups excluding carboxylic acids is 2. The first kappa shape index (κ1) is 17.1. The largest absolute Gasteiger partial charge is 0.387 e. The van der Waals surface area contributed by atoms with Crippen LogP contribution in [0.2, 0.25) is 0 Å². The lowest BCUT2D eigenvalue weighted by Gasteiger charge is -2.18. The highest BCUT2D eigenvalue weighted by atomic mass is 19.1. The molecule has 0 aromatic heterocycles. The number of imide groups is 1. The molecule has 2 aromatic carbocycles. The van der Waals surface area contributed by atoms with Crippen LogP contribution in [-0.4, -0.2) is 34.5 Å². The molecule has 0 radical (unpaired) electrons. The van der Waals surface area contributed by atoms with E-state index in [1.807, 2.05) is 30.3 Å². The fourth-order valence-electron chi connectivity index (χ4n) is 2.86. The minimum atomic E-state index is -1.05. The van der Waals surface area contributed by atoms with E-state index in [-0.39, 0.29) is 12.5 Å². The van der Waals surface area contributed by atoms with E-state index in [4.69, 9.17) is 0 Å². The SMILES string of the molecule is O=C1N[C@H](CCc2ccccc2)C(=O)N1C[C@H](O)c1ccc(F)cc1. The normalized spacial score (nSPS) is 18.3. The van der Waals surface area contributed by atoms with Gasteiger partial charge in [0.05, 0.1) is 12.6 Å². The molecule has 130 valence electrons. The van der Waals surface area contributed by atoms with Gasteiger partial charge in [0, 0.05) is 0 Å². The van der Waals surface area contributed by atoms with Gasteiger partial charge in [-0.05, 0) is 36.1 Å². The Kier molecular flexibility index (Phi) is 5.09. The number of rotatable bonds is 6. The van der Waals surface area contributed by atoms with Gasteiger partial charge in [0.15, 0.2) is 0 Å². The maximum absolute atomic E-state index is 12.9. The first-order chi connectivity index (χ1) is 12.0. The molecule has 0 saturated carbocycles. The van der Waals surface area contributed by atoms with Crippen LogP contribution < -0.4 is 5.32 Å². The monoisotopic (exact) mass is 342 g/mol. The summed E-state index contributed by atoms with van der Waals surface area (Å²) in [6, 6.07) is 13.9. The van der Waals surface area contributed by atoms with Crippen molar-refractivity contribution in [1.29, 1.82) is 0 Å². The quantitative estimate of drug-likeness (QED) is 0.792. The maximum atomic E-state index is 12.9. The van der Waals surface area contributed by atoms with E-state index in [1.54, 1.807) is 0 Å². The van der Waals surface area contributed by atoms with Crippen LogP contribution in [0.25, 0.3) is 0 Å². The van der Waals surface area contributed by atoms with Gasteiger partial charge >= 0.3 is 6.03 Å². The third-order valence-corrected chi connectivity index (χ3v) is 4.28. The first-order valence-corrected chi connectivity index (χ1v) is 8.14. The summed E-state index contributed by atoms with van der Waals surface area (Å²) in [6.07, 6.45) is 0.118. The Labute approximate surface area is 145 Å². The van der Waals surface area contributed by atoms with Gasteiger partial charge in [-0.25, -0.2) is 9.18 Å². The number of hydrogen-bond acceptors (Lipinski definition) is 3. The van der Waals surface area contributed by atoms with Gasteiger partial charge in [-0.1, -0.05) is 42.5 Å². The van der Waals surface area contributed by atoms with Crippen molar-refractivity contribution in [3.63, 3.8) is 0 Å². The lowest BCUT2D eigenvalue weighted by Crippen LogP contribution is -2.35. The van der Waals surface area contributed by atoms with Crippen LogP contribution in [-0.2, 0) is 11.2 Å². The number of nitrogens with zero attached hydrogens (tertiary/aromatic N) is 1. The van der Waals surface area contributed by atoms with E-state index in [2.05, 4.69) is 5.32 Å². The zero-order valence-corrected chi connectivity index (χ0v) is 13.6. The average molecular weight is 342 g/mol. The lowest BCUT2D eigenvalue weighted by molar-refractivity contribution is -0.128. The van der Waals surface area contributed by atoms with Crippen LogP contribution in [0.1, 0.15) is 23.7 Å². The number of amides is 3. The number of hydrogen-bond donors (Lipinski definition) is 2. The predicted octanol–water partition coefficient (Wildman–Crippen LogP) is 2.41. The van der Waals surface area contributed by atoms with Crippen LogP contribution in [0.15, 0.2) is 54.6 Å². The number of β-amino-alcohol motifs (C(OH)–C–C–N with tert-alkyl or cyclic N) is 1. The molecule has 1 heterocycles. The topological polar surface area (TPSA) is 69.6 Å². The highest BCUT2D eigenvalue weighted by molar-refractivity contribution is 6.04. The van der Waals surface area contributed by atoms with Crippen molar-refractivity contribution in [2.75, 3.05) is 6.54 Å². The van der Waals surface area contributed by atoms with Crippen molar-refractivity contribution >= 4 is 11.9 Å². The molecule has 5 nitrogen and oxygen atoms in total. The first-order valence-electron chi connectivity index (χ1n) is 8.14. The van der Waals surface area contributed by atoms with Crippen molar-refractivity contribution in [2.45, 2.75) is 25.0 Å². The van der Waals surface area contributed by atoms with Gasteiger partial charge < -0.3 is 10.4 Å². The molecule has 2 aromatic rings. The summed E-state index contributed by atoms with van der Waals surface area (Å²) in [5.74, 6) is -0.756. The van der Waals surface area contributed by atoms with Gasteiger partial charge in [-0.15, -0.1) is 0 Å². The molecule has 0 spiro atoms. The molecular weight excluding hydrogens is 323 g/mol. The van der Waals surface area contributed by atoms with E-state index >= 15 is 0 Å². The second-order valence-electron chi connectivity index (χ2n) is 6.04. The van der Waals surface area contributed by atoms with Gasteiger partial charge in [0.25, 0.3) is 5.91 Å². The van der Waals surface area contributed by atoms with Crippen LogP contribution in [0, 0.1) is 5.82 Å². The Balaban J connectivity index is 1.60. The van der Waals surface area contributed by atoms with Gasteiger partial charge in [-0.3, -0.25) is 9.69 Å². The summed E-state index contributed by atoms with van der Waals surface area (Å²) in [4.78, 5) is 25.5. The second kappa shape index (κ2) is 7.44. The summed E-state index contributed by atoms with van der Waals surface area (Å²) < 4.78 is 12.9. The molecule has 25 heavy (non-hydrogen) atoms. The standard InChI is InChI=1S/C19H19FN2O3/c20-15-9-7-14(8-10-15)17(23)12-22-18(24)16(21-19(22)25)11-6-13-4-2-1-3-5-13/h1-5,7-10,16-17,23H,6,11-12H2,(H,21,25)/t16-,17+/m1/s1. The number of aliphatic hydroxyl groups excluding tert-OH is 1. The van der Waals surface area contributed by atoms with Crippen LogP contribution in [0.3, 0.4) is 0 Å². The second-order valence-corrected chi connectivity index (χ2v) is 6.04. The summed E-state index contributed by atoms with van der Waals surface area (Å²) >= 11 is 0. The molecule has 0 unspecified atom stereocenters. The van der Waals surface area contributed by atoms with Crippen molar-refractivity contribution in [2.24, 2.45) is 0 Å². The predicted molar refractivity (Wildman–Crippen MR) is 90.2 cm³/mol. The van der Waals surface area contributed by atoms with E-state index in [1.165, 1.54) is 24.3 Å². The zero-order chi connectivity index (χ0) is 17.8. The van der Waals surface area contributed by atoms with Crippen LogP contribution >= 0.6 is 0 Å². The number of halogens is 1. The molecule has 1 fully saturated rings. The minimum Gasteiger partial charge on any atom is -0.387 e. The number of urea groups is 1. The summed E-state index contributed by atoms with van der Waals surface area (Å²) in [5.41, 5.74) is 1.55. The van der Waals surface area contributed by atoms with Crippen molar-refractivity contribution in [1.82, 2.24) is 10.2 Å². The molecule has 3 amide bonds. The van der Waals surface area contributed by atoms with E-state index in [0.29, 0.717) is 18.4 Å². The molecule has 1 saturated heterocycles. The fourth-order valence-corrected chi connectivity index (χ4v) is 2.86. The number of aryl methyl sites for hydroxylation is 1. The van der Waals surface area contributed by atoms with Gasteiger partial charge in [0.1, 0.15) is 11.9 Å². The zero-order valence-electron chi connectivity index (χ0n) is 13.6. The molecule has 2 N–H and O–H groups in total. The number of carbonyl (C=O) groups is 2. The number of nitrogens with one attached hydrogen (secondary N) is 1. The van der Waals surface area contributed by atoms with Gasteiger partial charge in [0.2, 0.25) is 0 Å². The van der Waals surface area contributed by atoms with Crippen LogP contribution in [0.5, 0.6) is 0 Å². The maximum Gasteiger partial charge on any atom is 0.324 e. The Bertz CT molecular complexity index is 749. The molecular formula is C19H19FN2O3. The lowest BCUT2D eigenvalue weighted by atomic mass is 10.0. The molecule has 2 atom stereocenters. The van der Waals surface area contributed by atoms with E-state index < -0.39 is 24.0 Å². The van der Waals surface area contributed by atoms with Crippen molar-refractivity contribution < 1.29 is 19.1 Å². The highest BCUT2D eigenvalue weighted by Gasteiger charge is 2.38. The summed E-state index contributed by atoms with van der Waals surface area (Å²) in [7, 11) is 0. The highest BCUT2D eigenvalue weighted by Crippen LogP contribution is 2.19. The molecule has 1 aliphatic rings. The molecule has 0 bridgehead atoms. The Hall–Kier alpha value is -2.73. The summed E-state index contributed by atoms with van der Waals surface area (Å²) in [5, 5.41) is 12.9. The Morgan fingerprint density at radius 2 is 1.76 bits per heavy atom. The molecule has 6 heteroatoms. The minimum absolute atomic E-state index is 0.155.